The molecule has 1 aliphatic heterocycles. The molecule has 1 amide bonds. The molecular weight excluding hydrogens is 330 g/mol. The van der Waals surface area contributed by atoms with Gasteiger partial charge in [-0.3, -0.25) is 4.79 Å². The van der Waals surface area contributed by atoms with Crippen molar-refractivity contribution < 1.29 is 9.53 Å². The molecule has 1 saturated heterocycles. The zero-order valence-corrected chi connectivity index (χ0v) is 15.3. The molecule has 7 nitrogen and oxygen atoms in total. The van der Waals surface area contributed by atoms with E-state index in [2.05, 4.69) is 27.1 Å². The summed E-state index contributed by atoms with van der Waals surface area (Å²) in [6.45, 7) is 4.62. The average Bonchev–Trinajstić information content (AvgIpc) is 2.69. The zero-order valence-electron chi connectivity index (χ0n) is 15.3. The van der Waals surface area contributed by atoms with Gasteiger partial charge in [-0.1, -0.05) is 30.3 Å². The van der Waals surface area contributed by atoms with E-state index in [0.29, 0.717) is 24.7 Å². The highest BCUT2D eigenvalue weighted by molar-refractivity contribution is 5.93. The molecule has 0 saturated carbocycles. The maximum atomic E-state index is 12.5. The largest absolute Gasteiger partial charge is 0.383 e. The van der Waals surface area contributed by atoms with E-state index in [-0.39, 0.29) is 5.91 Å². The molecule has 1 fully saturated rings. The van der Waals surface area contributed by atoms with Crippen LogP contribution in [0, 0.1) is 0 Å². The predicted molar refractivity (Wildman–Crippen MR) is 101 cm³/mol. The van der Waals surface area contributed by atoms with Crippen LogP contribution in [0.5, 0.6) is 0 Å². The van der Waals surface area contributed by atoms with Crippen LogP contribution in [0.2, 0.25) is 0 Å². The smallest absolute Gasteiger partial charge is 0.270 e. The molecule has 7 heteroatoms. The lowest BCUT2D eigenvalue weighted by Crippen LogP contribution is -2.45. The molecular formula is C19H25N5O2. The Morgan fingerprint density at radius 2 is 1.88 bits per heavy atom. The number of carbonyl (C=O) groups excluding carboxylic acids is 1. The first-order valence-corrected chi connectivity index (χ1v) is 8.82. The van der Waals surface area contributed by atoms with E-state index in [4.69, 9.17) is 9.72 Å². The molecule has 26 heavy (non-hydrogen) atoms. The second-order valence-corrected chi connectivity index (χ2v) is 6.34. The summed E-state index contributed by atoms with van der Waals surface area (Å²) in [5.74, 6) is 1.15. The number of amides is 1. The Morgan fingerprint density at radius 3 is 2.58 bits per heavy atom. The number of carbonyl (C=O) groups is 1. The molecule has 2 heterocycles. The van der Waals surface area contributed by atoms with Crippen molar-refractivity contribution in [1.82, 2.24) is 20.2 Å². The molecule has 0 radical (unpaired) electrons. The normalized spacial score (nSPS) is 15.1. The van der Waals surface area contributed by atoms with Crippen LogP contribution in [-0.2, 0) is 4.74 Å². The summed E-state index contributed by atoms with van der Waals surface area (Å²) >= 11 is 0. The SMILES string of the molecule is COCCNC(=O)c1cc(N2CCN(C)CC2)nc(-c2ccccc2)n1. The highest BCUT2D eigenvalue weighted by Crippen LogP contribution is 2.21. The Hall–Kier alpha value is -2.51. The third-order valence-electron chi connectivity index (χ3n) is 4.40. The summed E-state index contributed by atoms with van der Waals surface area (Å²) in [6.07, 6.45) is 0. The van der Waals surface area contributed by atoms with Gasteiger partial charge in [0.1, 0.15) is 11.5 Å². The lowest BCUT2D eigenvalue weighted by Gasteiger charge is -2.33. The second kappa shape index (κ2) is 8.73. The van der Waals surface area contributed by atoms with Crippen molar-refractivity contribution in [2.75, 3.05) is 58.4 Å². The maximum absolute atomic E-state index is 12.5. The first kappa shape index (κ1) is 18.3. The monoisotopic (exact) mass is 355 g/mol. The molecule has 1 aliphatic rings. The third kappa shape index (κ3) is 4.56. The van der Waals surface area contributed by atoms with Crippen LogP contribution in [-0.4, -0.2) is 74.3 Å². The molecule has 3 rings (SSSR count). The van der Waals surface area contributed by atoms with Gasteiger partial charge in [0.15, 0.2) is 5.82 Å². The number of nitrogens with one attached hydrogen (secondary N) is 1. The number of hydrogen-bond acceptors (Lipinski definition) is 6. The predicted octanol–water partition coefficient (Wildman–Crippen LogP) is 1.27. The topological polar surface area (TPSA) is 70.6 Å². The Kier molecular flexibility index (Phi) is 6.14. The van der Waals surface area contributed by atoms with Gasteiger partial charge < -0.3 is 19.9 Å². The van der Waals surface area contributed by atoms with Crippen LogP contribution in [0.1, 0.15) is 10.5 Å². The molecule has 2 aromatic rings. The van der Waals surface area contributed by atoms with Gasteiger partial charge >= 0.3 is 0 Å². The summed E-state index contributed by atoms with van der Waals surface area (Å²) in [5.41, 5.74) is 1.28. The van der Waals surface area contributed by atoms with E-state index in [9.17, 15) is 4.79 Å². The lowest BCUT2D eigenvalue weighted by molar-refractivity contribution is 0.0932. The standard InChI is InChI=1S/C19H25N5O2/c1-23-9-11-24(12-10-23)17-14-16(19(25)20-8-13-26-2)21-18(22-17)15-6-4-3-5-7-15/h3-7,14H,8-13H2,1-2H3,(H,20,25). The molecule has 1 aromatic heterocycles. The van der Waals surface area contributed by atoms with E-state index >= 15 is 0 Å². The van der Waals surface area contributed by atoms with Gasteiger partial charge in [-0.2, -0.15) is 0 Å². The van der Waals surface area contributed by atoms with Crippen LogP contribution < -0.4 is 10.2 Å². The molecule has 1 N–H and O–H groups in total. The van der Waals surface area contributed by atoms with Gasteiger partial charge in [0.25, 0.3) is 5.91 Å². The fourth-order valence-corrected chi connectivity index (χ4v) is 2.82. The summed E-state index contributed by atoms with van der Waals surface area (Å²) in [7, 11) is 3.72. The van der Waals surface area contributed by atoms with Crippen molar-refractivity contribution in [2.45, 2.75) is 0 Å². The zero-order chi connectivity index (χ0) is 18.4. The summed E-state index contributed by atoms with van der Waals surface area (Å²) in [5, 5.41) is 2.83. The minimum Gasteiger partial charge on any atom is -0.383 e. The van der Waals surface area contributed by atoms with E-state index < -0.39 is 0 Å². The quantitative estimate of drug-likeness (QED) is 0.787. The van der Waals surface area contributed by atoms with Crippen LogP contribution in [0.3, 0.4) is 0 Å². The second-order valence-electron chi connectivity index (χ2n) is 6.34. The molecule has 0 unspecified atom stereocenters. The van der Waals surface area contributed by atoms with E-state index in [1.165, 1.54) is 0 Å². The molecule has 138 valence electrons. The van der Waals surface area contributed by atoms with E-state index in [0.717, 1.165) is 37.6 Å². The van der Waals surface area contributed by atoms with Gasteiger partial charge in [0.2, 0.25) is 0 Å². The molecule has 0 spiro atoms. The van der Waals surface area contributed by atoms with Crippen molar-refractivity contribution in [2.24, 2.45) is 0 Å². The maximum Gasteiger partial charge on any atom is 0.270 e. The van der Waals surface area contributed by atoms with Crippen molar-refractivity contribution in [3.63, 3.8) is 0 Å². The van der Waals surface area contributed by atoms with Gasteiger partial charge in [-0.05, 0) is 7.05 Å². The first-order chi connectivity index (χ1) is 12.7. The summed E-state index contributed by atoms with van der Waals surface area (Å²) in [6, 6.07) is 11.5. The number of benzene rings is 1. The number of ether oxygens (including phenoxy) is 1. The highest BCUT2D eigenvalue weighted by atomic mass is 16.5. The van der Waals surface area contributed by atoms with Crippen LogP contribution >= 0.6 is 0 Å². The third-order valence-corrected chi connectivity index (χ3v) is 4.40. The van der Waals surface area contributed by atoms with Crippen molar-refractivity contribution >= 4 is 11.7 Å². The number of rotatable bonds is 6. The van der Waals surface area contributed by atoms with E-state index in [1.54, 1.807) is 13.2 Å². The number of aromatic nitrogens is 2. The molecule has 0 aliphatic carbocycles. The van der Waals surface area contributed by atoms with Gasteiger partial charge in [-0.25, -0.2) is 9.97 Å². The molecule has 0 atom stereocenters. The fraction of sp³-hybridized carbons (Fsp3) is 0.421. The van der Waals surface area contributed by atoms with Crippen molar-refractivity contribution in [3.8, 4) is 11.4 Å². The van der Waals surface area contributed by atoms with Gasteiger partial charge in [-0.15, -0.1) is 0 Å². The summed E-state index contributed by atoms with van der Waals surface area (Å²) in [4.78, 5) is 26.2. The van der Waals surface area contributed by atoms with Crippen molar-refractivity contribution in [3.05, 3.63) is 42.1 Å². The van der Waals surface area contributed by atoms with Gasteiger partial charge in [0, 0.05) is 51.5 Å². The van der Waals surface area contributed by atoms with Crippen LogP contribution in [0.15, 0.2) is 36.4 Å². The lowest BCUT2D eigenvalue weighted by atomic mass is 10.2. The molecule has 1 aromatic carbocycles. The number of methoxy groups -OCH3 is 1. The Morgan fingerprint density at radius 1 is 1.15 bits per heavy atom. The number of likely N-dealkylation sites (N-methyl/N-ethyl adjacent to an activating group) is 1. The number of hydrogen-bond donors (Lipinski definition) is 1. The Labute approximate surface area is 154 Å². The van der Waals surface area contributed by atoms with Crippen molar-refractivity contribution in [1.29, 1.82) is 0 Å². The van der Waals surface area contributed by atoms with E-state index in [1.807, 2.05) is 30.3 Å². The number of piperazine rings is 1. The first-order valence-electron chi connectivity index (χ1n) is 8.82. The fourth-order valence-electron chi connectivity index (χ4n) is 2.82. The Balaban J connectivity index is 1.90. The van der Waals surface area contributed by atoms with Crippen LogP contribution in [0.25, 0.3) is 11.4 Å². The highest BCUT2D eigenvalue weighted by Gasteiger charge is 2.19. The van der Waals surface area contributed by atoms with Crippen LogP contribution in [0.4, 0.5) is 5.82 Å². The number of anilines is 1. The Bertz CT molecular complexity index is 730. The summed E-state index contributed by atoms with van der Waals surface area (Å²) < 4.78 is 4.99. The average molecular weight is 355 g/mol. The molecule has 0 bridgehead atoms. The minimum absolute atomic E-state index is 0.211. The van der Waals surface area contributed by atoms with Gasteiger partial charge in [0.05, 0.1) is 6.61 Å². The minimum atomic E-state index is -0.211. The number of nitrogens with zero attached hydrogens (tertiary/aromatic N) is 4.